The number of carbonyl (C=O) groups is 1. The molecule has 0 aliphatic heterocycles. The molecule has 1 aromatic heterocycles. The number of anilines is 1. The van der Waals surface area contributed by atoms with Gasteiger partial charge in [-0.2, -0.15) is 12.6 Å². The van der Waals surface area contributed by atoms with Crippen molar-refractivity contribution in [3.63, 3.8) is 0 Å². The molecule has 0 unspecified atom stereocenters. The maximum Gasteiger partial charge on any atom is 0.235 e. The molecule has 2 N–H and O–H groups in total. The molecule has 4 nitrogen and oxygen atoms in total. The Bertz CT molecular complexity index is 290. The van der Waals surface area contributed by atoms with E-state index in [1.165, 1.54) is 12.3 Å². The van der Waals surface area contributed by atoms with Crippen LogP contribution in [0.4, 0.5) is 5.82 Å². The van der Waals surface area contributed by atoms with Gasteiger partial charge in [-0.25, -0.2) is 4.98 Å². The van der Waals surface area contributed by atoms with Gasteiger partial charge in [-0.3, -0.25) is 4.79 Å². The van der Waals surface area contributed by atoms with E-state index in [-0.39, 0.29) is 23.2 Å². The van der Waals surface area contributed by atoms with Crippen LogP contribution in [0.15, 0.2) is 18.3 Å². The summed E-state index contributed by atoms with van der Waals surface area (Å²) in [6.45, 7) is 0. The van der Waals surface area contributed by atoms with Gasteiger partial charge >= 0.3 is 0 Å². The zero-order valence-corrected chi connectivity index (χ0v) is 7.08. The molecule has 0 aliphatic carbocycles. The average Bonchev–Trinajstić information content (AvgIpc) is 2.09. The van der Waals surface area contributed by atoms with Gasteiger partial charge in [0.05, 0.1) is 5.75 Å². The monoisotopic (exact) mass is 184 g/mol. The van der Waals surface area contributed by atoms with E-state index in [4.69, 9.17) is 5.11 Å². The van der Waals surface area contributed by atoms with E-state index >= 15 is 0 Å². The lowest BCUT2D eigenvalue weighted by Gasteiger charge is -2.02. The number of aromatic nitrogens is 1. The molecule has 0 bridgehead atoms. The van der Waals surface area contributed by atoms with Gasteiger partial charge in [-0.05, 0) is 12.1 Å². The van der Waals surface area contributed by atoms with Gasteiger partial charge < -0.3 is 10.4 Å². The number of carbonyl (C=O) groups excluding carboxylic acids is 1. The first-order valence-corrected chi connectivity index (χ1v) is 3.92. The summed E-state index contributed by atoms with van der Waals surface area (Å²) in [5.74, 6) is -0.118. The third-order valence-corrected chi connectivity index (χ3v) is 1.48. The van der Waals surface area contributed by atoms with Gasteiger partial charge in [0, 0.05) is 6.20 Å². The minimum Gasteiger partial charge on any atom is -0.504 e. The Labute approximate surface area is 75.0 Å². The summed E-state index contributed by atoms with van der Waals surface area (Å²) in [5, 5.41) is 11.5. The molecule has 12 heavy (non-hydrogen) atoms. The fourth-order valence-corrected chi connectivity index (χ4v) is 0.744. The van der Waals surface area contributed by atoms with E-state index in [9.17, 15) is 4.79 Å². The largest absolute Gasteiger partial charge is 0.504 e. The van der Waals surface area contributed by atoms with Gasteiger partial charge in [0.25, 0.3) is 0 Å². The van der Waals surface area contributed by atoms with Crippen LogP contribution in [0.1, 0.15) is 0 Å². The molecule has 1 amide bonds. The Balaban J connectivity index is 2.75. The van der Waals surface area contributed by atoms with E-state index in [2.05, 4.69) is 22.9 Å². The third-order valence-electron chi connectivity index (χ3n) is 1.19. The maximum atomic E-state index is 10.8. The maximum absolute atomic E-state index is 10.8. The second kappa shape index (κ2) is 3.96. The van der Waals surface area contributed by atoms with Crippen LogP contribution >= 0.6 is 12.6 Å². The number of amides is 1. The Morgan fingerprint density at radius 2 is 2.50 bits per heavy atom. The Morgan fingerprint density at radius 1 is 1.75 bits per heavy atom. The zero-order valence-electron chi connectivity index (χ0n) is 6.19. The molecule has 1 heterocycles. The lowest BCUT2D eigenvalue weighted by Crippen LogP contribution is -2.13. The normalized spacial score (nSPS) is 9.42. The Hall–Kier alpha value is -1.23. The fourth-order valence-electron chi connectivity index (χ4n) is 0.665. The summed E-state index contributed by atoms with van der Waals surface area (Å²) in [7, 11) is 0. The van der Waals surface area contributed by atoms with Crippen molar-refractivity contribution in [3.8, 4) is 5.75 Å². The van der Waals surface area contributed by atoms with Crippen LogP contribution in [0.25, 0.3) is 0 Å². The Kier molecular flexibility index (Phi) is 2.93. The quantitative estimate of drug-likeness (QED) is 0.591. The molecule has 0 saturated heterocycles. The molecule has 0 fully saturated rings. The van der Waals surface area contributed by atoms with Crippen molar-refractivity contribution in [2.75, 3.05) is 11.1 Å². The number of thiol groups is 1. The van der Waals surface area contributed by atoms with Crippen molar-refractivity contribution < 1.29 is 9.90 Å². The lowest BCUT2D eigenvalue weighted by molar-refractivity contribution is -0.113. The molecule has 0 spiro atoms. The van der Waals surface area contributed by atoms with Crippen molar-refractivity contribution in [2.24, 2.45) is 0 Å². The first-order valence-electron chi connectivity index (χ1n) is 3.28. The van der Waals surface area contributed by atoms with Crippen LogP contribution < -0.4 is 5.32 Å². The first-order chi connectivity index (χ1) is 5.74. The number of rotatable bonds is 2. The molecule has 1 rings (SSSR count). The van der Waals surface area contributed by atoms with Crippen molar-refractivity contribution in [2.45, 2.75) is 0 Å². The predicted octanol–water partition coefficient (Wildman–Crippen LogP) is 0.655. The summed E-state index contributed by atoms with van der Waals surface area (Å²) < 4.78 is 0. The molecule has 0 radical (unpaired) electrons. The highest BCUT2D eigenvalue weighted by atomic mass is 32.1. The molecular formula is C7H8N2O2S. The number of hydrogen-bond acceptors (Lipinski definition) is 4. The SMILES string of the molecule is O=C(CS)Nc1ncccc1O. The third kappa shape index (κ3) is 2.13. The van der Waals surface area contributed by atoms with Crippen LogP contribution in [0.3, 0.4) is 0 Å². The van der Waals surface area contributed by atoms with Crippen LogP contribution in [-0.2, 0) is 4.79 Å². The summed E-state index contributed by atoms with van der Waals surface area (Å²) in [4.78, 5) is 14.5. The molecule has 64 valence electrons. The van der Waals surface area contributed by atoms with Crippen molar-refractivity contribution in [1.82, 2.24) is 4.98 Å². The molecule has 0 saturated carbocycles. The van der Waals surface area contributed by atoms with Gasteiger partial charge in [-0.1, -0.05) is 0 Å². The summed E-state index contributed by atoms with van der Waals surface area (Å²) in [6.07, 6.45) is 1.48. The number of nitrogens with zero attached hydrogens (tertiary/aromatic N) is 1. The molecular weight excluding hydrogens is 176 g/mol. The number of pyridine rings is 1. The number of aromatic hydroxyl groups is 1. The molecule has 5 heteroatoms. The summed E-state index contributed by atoms with van der Waals surface area (Å²) in [6, 6.07) is 3.02. The van der Waals surface area contributed by atoms with Gasteiger partial charge in [0.1, 0.15) is 0 Å². The summed E-state index contributed by atoms with van der Waals surface area (Å²) in [5.41, 5.74) is 0. The molecule has 0 aromatic carbocycles. The van der Waals surface area contributed by atoms with E-state index in [1.54, 1.807) is 6.07 Å². The molecule has 1 aromatic rings. The van der Waals surface area contributed by atoms with Crippen LogP contribution in [0.2, 0.25) is 0 Å². The average molecular weight is 184 g/mol. The summed E-state index contributed by atoms with van der Waals surface area (Å²) >= 11 is 3.76. The van der Waals surface area contributed by atoms with Crippen LogP contribution in [0.5, 0.6) is 5.75 Å². The lowest BCUT2D eigenvalue weighted by atomic mass is 10.4. The van der Waals surface area contributed by atoms with E-state index in [1.807, 2.05) is 0 Å². The molecule has 0 aliphatic rings. The van der Waals surface area contributed by atoms with Crippen LogP contribution in [0, 0.1) is 0 Å². The minimum absolute atomic E-state index is 0.0485. The molecule has 0 atom stereocenters. The van der Waals surface area contributed by atoms with Crippen LogP contribution in [-0.4, -0.2) is 21.8 Å². The second-order valence-corrected chi connectivity index (χ2v) is 2.39. The van der Waals surface area contributed by atoms with Crippen molar-refractivity contribution in [3.05, 3.63) is 18.3 Å². The van der Waals surface area contributed by atoms with Gasteiger partial charge in [0.15, 0.2) is 11.6 Å². The minimum atomic E-state index is -0.299. The zero-order chi connectivity index (χ0) is 8.97. The topological polar surface area (TPSA) is 62.2 Å². The second-order valence-electron chi connectivity index (χ2n) is 2.08. The standard InChI is InChI=1S/C7H8N2O2S/c10-5-2-1-3-8-7(5)9-6(11)4-12/h1-3,10,12H,4H2,(H,8,9,11). The highest BCUT2D eigenvalue weighted by molar-refractivity contribution is 7.81. The fraction of sp³-hybridized carbons (Fsp3) is 0.143. The smallest absolute Gasteiger partial charge is 0.235 e. The number of hydrogen-bond donors (Lipinski definition) is 3. The van der Waals surface area contributed by atoms with Gasteiger partial charge in [0.2, 0.25) is 5.91 Å². The highest BCUT2D eigenvalue weighted by Gasteiger charge is 2.03. The number of nitrogens with one attached hydrogen (secondary N) is 1. The highest BCUT2D eigenvalue weighted by Crippen LogP contribution is 2.17. The van der Waals surface area contributed by atoms with Gasteiger partial charge in [-0.15, -0.1) is 0 Å². The van der Waals surface area contributed by atoms with Crippen molar-refractivity contribution in [1.29, 1.82) is 0 Å². The van der Waals surface area contributed by atoms with E-state index in [0.29, 0.717) is 0 Å². The van der Waals surface area contributed by atoms with E-state index in [0.717, 1.165) is 0 Å². The van der Waals surface area contributed by atoms with E-state index < -0.39 is 0 Å². The Morgan fingerprint density at radius 3 is 3.08 bits per heavy atom. The van der Waals surface area contributed by atoms with Crippen molar-refractivity contribution >= 4 is 24.4 Å². The first kappa shape index (κ1) is 8.86. The predicted molar refractivity (Wildman–Crippen MR) is 48.4 cm³/mol.